The molecule has 0 atom stereocenters. The van der Waals surface area contributed by atoms with Crippen LogP contribution in [0.15, 0.2) is 51.0 Å². The highest BCUT2D eigenvalue weighted by Gasteiger charge is 2.16. The number of rotatable bonds is 7. The fraction of sp³-hybridized carbons (Fsp3) is 0.133. The Labute approximate surface area is 156 Å². The fourth-order valence-electron chi connectivity index (χ4n) is 2.27. The first-order valence-electron chi connectivity index (χ1n) is 7.75. The van der Waals surface area contributed by atoms with E-state index in [1.165, 1.54) is 24.3 Å². The van der Waals surface area contributed by atoms with Crippen LogP contribution in [0, 0.1) is 10.1 Å². The molecular formula is C15H13N5O7S. The first-order valence-corrected chi connectivity index (χ1v) is 9.24. The number of H-pyrrole nitrogens is 2. The summed E-state index contributed by atoms with van der Waals surface area (Å²) < 4.78 is 32.2. The van der Waals surface area contributed by atoms with Gasteiger partial charge in [-0.2, -0.15) is 0 Å². The molecule has 3 N–H and O–H groups in total. The summed E-state index contributed by atoms with van der Waals surface area (Å²) in [6.45, 7) is -0.134. The molecule has 2 aromatic heterocycles. The summed E-state index contributed by atoms with van der Waals surface area (Å²) in [5, 5.41) is 10.5. The standard InChI is InChI=1S/C15H13N5O7S/c21-14-12-7-11(8-16-13(12)18-15(22)19-14)28(25,26)17-5-6-27-10-3-1-9(2-4-10)20(23)24/h1-4,7-8,17H,5-6H2,(H2,16,18,19,21,22). The van der Waals surface area contributed by atoms with E-state index in [0.29, 0.717) is 5.75 Å². The number of nitro groups is 1. The first-order chi connectivity index (χ1) is 13.3. The van der Waals surface area contributed by atoms with E-state index in [2.05, 4.69) is 14.7 Å². The van der Waals surface area contributed by atoms with E-state index in [1.54, 1.807) is 0 Å². The lowest BCUT2D eigenvalue weighted by Gasteiger charge is -2.08. The van der Waals surface area contributed by atoms with Crippen LogP contribution in [0.1, 0.15) is 0 Å². The number of hydrogen-bond acceptors (Lipinski definition) is 8. The molecule has 0 saturated heterocycles. The second-order valence-electron chi connectivity index (χ2n) is 5.47. The predicted octanol–water partition coefficient (Wildman–Crippen LogP) is -0.123. The van der Waals surface area contributed by atoms with Gasteiger partial charge in [0, 0.05) is 24.9 Å². The highest BCUT2D eigenvalue weighted by Crippen LogP contribution is 2.17. The molecule has 0 amide bonds. The minimum absolute atomic E-state index is 0.0331. The molecule has 0 bridgehead atoms. The van der Waals surface area contributed by atoms with Crippen molar-refractivity contribution in [1.29, 1.82) is 0 Å². The third-order valence-corrected chi connectivity index (χ3v) is 5.01. The van der Waals surface area contributed by atoms with Crippen molar-refractivity contribution in [1.82, 2.24) is 19.7 Å². The molecule has 2 heterocycles. The molecule has 146 valence electrons. The molecule has 0 aliphatic heterocycles. The number of aromatic amines is 2. The lowest BCUT2D eigenvalue weighted by atomic mass is 10.3. The van der Waals surface area contributed by atoms with Crippen molar-refractivity contribution in [2.45, 2.75) is 4.90 Å². The van der Waals surface area contributed by atoms with Crippen molar-refractivity contribution in [2.24, 2.45) is 0 Å². The molecule has 0 fully saturated rings. The zero-order chi connectivity index (χ0) is 20.3. The third kappa shape index (κ3) is 4.21. The topological polar surface area (TPSA) is 177 Å². The number of nitro benzene ring substituents is 1. The second-order valence-corrected chi connectivity index (χ2v) is 7.24. The normalized spacial score (nSPS) is 11.4. The Kier molecular flexibility index (Phi) is 5.19. The predicted molar refractivity (Wildman–Crippen MR) is 96.8 cm³/mol. The van der Waals surface area contributed by atoms with Crippen LogP contribution in [0.2, 0.25) is 0 Å². The first kappa shape index (κ1) is 19.2. The molecule has 13 heteroatoms. The maximum absolute atomic E-state index is 12.3. The summed E-state index contributed by atoms with van der Waals surface area (Å²) in [6, 6.07) is 6.42. The molecule has 3 rings (SSSR count). The van der Waals surface area contributed by atoms with E-state index in [9.17, 15) is 28.1 Å². The van der Waals surface area contributed by atoms with Crippen LogP contribution in [-0.2, 0) is 10.0 Å². The Bertz CT molecular complexity index is 1250. The van der Waals surface area contributed by atoms with Gasteiger partial charge in [-0.15, -0.1) is 0 Å². The number of aromatic nitrogens is 3. The van der Waals surface area contributed by atoms with Gasteiger partial charge in [0.15, 0.2) is 0 Å². The highest BCUT2D eigenvalue weighted by atomic mass is 32.2. The van der Waals surface area contributed by atoms with Gasteiger partial charge < -0.3 is 4.74 Å². The molecule has 0 spiro atoms. The van der Waals surface area contributed by atoms with E-state index in [1.807, 2.05) is 4.98 Å². The summed E-state index contributed by atoms with van der Waals surface area (Å²) in [5.41, 5.74) is -1.63. The van der Waals surface area contributed by atoms with Gasteiger partial charge in [-0.3, -0.25) is 24.9 Å². The number of non-ortho nitro benzene ring substituents is 1. The van der Waals surface area contributed by atoms with Gasteiger partial charge in [-0.05, 0) is 18.2 Å². The van der Waals surface area contributed by atoms with Gasteiger partial charge in [0.2, 0.25) is 10.0 Å². The smallest absolute Gasteiger partial charge is 0.327 e. The van der Waals surface area contributed by atoms with Crippen LogP contribution in [0.25, 0.3) is 11.0 Å². The quantitative estimate of drug-likeness (QED) is 0.275. The average Bonchev–Trinajstić information content (AvgIpc) is 2.65. The van der Waals surface area contributed by atoms with E-state index >= 15 is 0 Å². The number of sulfonamides is 1. The Balaban J connectivity index is 1.65. The summed E-state index contributed by atoms with van der Waals surface area (Å²) >= 11 is 0. The largest absolute Gasteiger partial charge is 0.492 e. The van der Waals surface area contributed by atoms with E-state index in [-0.39, 0.29) is 34.8 Å². The highest BCUT2D eigenvalue weighted by molar-refractivity contribution is 7.89. The lowest BCUT2D eigenvalue weighted by molar-refractivity contribution is -0.384. The molecule has 0 unspecified atom stereocenters. The number of nitrogens with zero attached hydrogens (tertiary/aromatic N) is 2. The minimum Gasteiger partial charge on any atom is -0.492 e. The van der Waals surface area contributed by atoms with Crippen LogP contribution in [0.3, 0.4) is 0 Å². The Morgan fingerprint density at radius 3 is 2.57 bits per heavy atom. The SMILES string of the molecule is O=c1[nH]c(=O)c2cc(S(=O)(=O)NCCOc3ccc([N+](=O)[O-])cc3)cnc2[nH]1. The molecule has 12 nitrogen and oxygen atoms in total. The van der Waals surface area contributed by atoms with E-state index in [0.717, 1.165) is 12.3 Å². The van der Waals surface area contributed by atoms with E-state index in [4.69, 9.17) is 4.74 Å². The number of fused-ring (bicyclic) bond motifs is 1. The number of benzene rings is 1. The molecule has 28 heavy (non-hydrogen) atoms. The van der Waals surface area contributed by atoms with Crippen molar-refractivity contribution >= 4 is 26.7 Å². The third-order valence-electron chi connectivity index (χ3n) is 3.59. The zero-order valence-electron chi connectivity index (χ0n) is 14.0. The van der Waals surface area contributed by atoms with Crippen molar-refractivity contribution < 1.29 is 18.1 Å². The van der Waals surface area contributed by atoms with E-state index < -0.39 is 26.2 Å². The van der Waals surface area contributed by atoms with Gasteiger partial charge in [-0.1, -0.05) is 0 Å². The van der Waals surface area contributed by atoms with Crippen LogP contribution in [0.4, 0.5) is 5.69 Å². The molecule has 3 aromatic rings. The summed E-state index contributed by atoms with van der Waals surface area (Å²) in [6.07, 6.45) is 1.01. The van der Waals surface area contributed by atoms with Crippen molar-refractivity contribution in [3.05, 3.63) is 67.5 Å². The van der Waals surface area contributed by atoms with Crippen LogP contribution in [-0.4, -0.2) is 41.4 Å². The van der Waals surface area contributed by atoms with Crippen LogP contribution < -0.4 is 20.7 Å². The Morgan fingerprint density at radius 1 is 1.18 bits per heavy atom. The summed E-state index contributed by atoms with van der Waals surface area (Å²) in [7, 11) is -3.98. The molecule has 1 aromatic carbocycles. The summed E-state index contributed by atoms with van der Waals surface area (Å²) in [5.74, 6) is 0.340. The minimum atomic E-state index is -3.98. The zero-order valence-corrected chi connectivity index (χ0v) is 14.9. The van der Waals surface area contributed by atoms with Crippen LogP contribution in [0.5, 0.6) is 5.75 Å². The van der Waals surface area contributed by atoms with Gasteiger partial charge in [-0.25, -0.2) is 22.9 Å². The Morgan fingerprint density at radius 2 is 1.89 bits per heavy atom. The molecule has 0 radical (unpaired) electrons. The average molecular weight is 407 g/mol. The number of ether oxygens (including phenoxy) is 1. The maximum Gasteiger partial charge on any atom is 0.327 e. The second kappa shape index (κ2) is 7.58. The van der Waals surface area contributed by atoms with Crippen molar-refractivity contribution in [3.63, 3.8) is 0 Å². The van der Waals surface area contributed by atoms with Gasteiger partial charge in [0.05, 0.1) is 10.3 Å². The maximum atomic E-state index is 12.3. The molecule has 0 aliphatic rings. The number of hydrogen-bond donors (Lipinski definition) is 3. The van der Waals surface area contributed by atoms with Gasteiger partial charge >= 0.3 is 5.69 Å². The van der Waals surface area contributed by atoms with Gasteiger partial charge in [0.1, 0.15) is 22.9 Å². The monoisotopic (exact) mass is 407 g/mol. The van der Waals surface area contributed by atoms with Crippen LogP contribution >= 0.6 is 0 Å². The Hall–Kier alpha value is -3.58. The molecular weight excluding hydrogens is 394 g/mol. The molecule has 0 aliphatic carbocycles. The summed E-state index contributed by atoms with van der Waals surface area (Å²) in [4.78, 5) is 40.8. The molecule has 0 saturated carbocycles. The van der Waals surface area contributed by atoms with Crippen molar-refractivity contribution in [3.8, 4) is 5.75 Å². The lowest BCUT2D eigenvalue weighted by Crippen LogP contribution is -2.29. The number of nitrogens with one attached hydrogen (secondary N) is 3. The number of pyridine rings is 1. The fourth-order valence-corrected chi connectivity index (χ4v) is 3.25. The van der Waals surface area contributed by atoms with Gasteiger partial charge in [0.25, 0.3) is 11.2 Å². The van der Waals surface area contributed by atoms with Crippen molar-refractivity contribution in [2.75, 3.05) is 13.2 Å².